The molecule has 1 atom stereocenters. The molecule has 1 aromatic carbocycles. The average molecular weight is 298 g/mol. The highest BCUT2D eigenvalue weighted by Gasteiger charge is 2.14. The van der Waals surface area contributed by atoms with Crippen LogP contribution in [0.15, 0.2) is 24.4 Å². The number of ether oxygens (including phenoxy) is 1. The molecule has 0 aliphatic carbocycles. The maximum absolute atomic E-state index is 13.7. The molecule has 3 nitrogen and oxygen atoms in total. The lowest BCUT2D eigenvalue weighted by Crippen LogP contribution is -1.96. The van der Waals surface area contributed by atoms with Crippen LogP contribution in [0.1, 0.15) is 10.4 Å². The van der Waals surface area contributed by atoms with E-state index in [9.17, 15) is 9.18 Å². The smallest absolute Gasteiger partial charge is 0.153 e. The van der Waals surface area contributed by atoms with E-state index in [4.69, 9.17) is 4.74 Å². The summed E-state index contributed by atoms with van der Waals surface area (Å²) < 4.78 is 18.7. The number of nitrogens with zero attached hydrogens (tertiary/aromatic N) is 1. The van der Waals surface area contributed by atoms with Gasteiger partial charge in [-0.1, -0.05) is 15.9 Å². The molecule has 0 spiro atoms. The van der Waals surface area contributed by atoms with Crippen LogP contribution in [0.5, 0.6) is 5.75 Å². The number of pyridine rings is 1. The standard InChI is InChI=1S/C12H9BrFNO2/c1-17-7-4-9-8(10(13)6-16)2-3-15-12(9)11(14)5-7/h2-6,10H,1H3. The lowest BCUT2D eigenvalue weighted by Gasteiger charge is -2.09. The Hall–Kier alpha value is -1.49. The van der Waals surface area contributed by atoms with Gasteiger partial charge in [0, 0.05) is 17.6 Å². The third-order valence-electron chi connectivity index (χ3n) is 2.46. The molecule has 0 aliphatic heterocycles. The molecule has 0 aliphatic rings. The third kappa shape index (κ3) is 2.15. The first-order valence-corrected chi connectivity index (χ1v) is 5.80. The van der Waals surface area contributed by atoms with E-state index >= 15 is 0 Å². The molecule has 1 heterocycles. The van der Waals surface area contributed by atoms with E-state index in [1.807, 2.05) is 0 Å². The van der Waals surface area contributed by atoms with Crippen molar-refractivity contribution in [1.29, 1.82) is 0 Å². The van der Waals surface area contributed by atoms with Crippen LogP contribution >= 0.6 is 15.9 Å². The van der Waals surface area contributed by atoms with Crippen molar-refractivity contribution in [2.45, 2.75) is 4.83 Å². The monoisotopic (exact) mass is 297 g/mol. The number of benzene rings is 1. The summed E-state index contributed by atoms with van der Waals surface area (Å²) in [5.74, 6) is -0.0679. The van der Waals surface area contributed by atoms with E-state index in [-0.39, 0.29) is 5.52 Å². The van der Waals surface area contributed by atoms with Crippen molar-refractivity contribution in [2.75, 3.05) is 7.11 Å². The van der Waals surface area contributed by atoms with E-state index in [0.29, 0.717) is 16.7 Å². The molecule has 0 N–H and O–H groups in total. The van der Waals surface area contributed by atoms with Crippen molar-refractivity contribution in [3.05, 3.63) is 35.8 Å². The first kappa shape index (κ1) is 12.0. The molecule has 1 unspecified atom stereocenters. The maximum atomic E-state index is 13.7. The second-order valence-corrected chi connectivity index (χ2v) is 4.43. The van der Waals surface area contributed by atoms with Crippen LogP contribution in [-0.2, 0) is 4.79 Å². The molecule has 88 valence electrons. The minimum Gasteiger partial charge on any atom is -0.497 e. The number of carbonyl (C=O) groups is 1. The van der Waals surface area contributed by atoms with Gasteiger partial charge in [0.1, 0.15) is 17.6 Å². The van der Waals surface area contributed by atoms with E-state index in [1.54, 1.807) is 12.1 Å². The summed E-state index contributed by atoms with van der Waals surface area (Å²) in [6, 6.07) is 4.61. The summed E-state index contributed by atoms with van der Waals surface area (Å²) in [6.07, 6.45) is 2.22. The lowest BCUT2D eigenvalue weighted by molar-refractivity contribution is -0.107. The summed E-state index contributed by atoms with van der Waals surface area (Å²) in [6.45, 7) is 0. The van der Waals surface area contributed by atoms with Crippen LogP contribution in [0.4, 0.5) is 4.39 Å². The zero-order valence-corrected chi connectivity index (χ0v) is 10.6. The predicted octanol–water partition coefficient (Wildman–Crippen LogP) is 3.02. The van der Waals surface area contributed by atoms with Gasteiger partial charge in [-0.3, -0.25) is 4.98 Å². The number of aromatic nitrogens is 1. The van der Waals surface area contributed by atoms with E-state index < -0.39 is 10.6 Å². The Morgan fingerprint density at radius 3 is 2.94 bits per heavy atom. The molecular formula is C12H9BrFNO2. The van der Waals surface area contributed by atoms with Crippen molar-refractivity contribution < 1.29 is 13.9 Å². The van der Waals surface area contributed by atoms with Gasteiger partial charge in [-0.2, -0.15) is 0 Å². The second-order valence-electron chi connectivity index (χ2n) is 3.44. The van der Waals surface area contributed by atoms with Crippen molar-refractivity contribution in [3.63, 3.8) is 0 Å². The Labute approximate surface area is 106 Å². The quantitative estimate of drug-likeness (QED) is 0.646. The van der Waals surface area contributed by atoms with Crippen molar-refractivity contribution >= 4 is 33.1 Å². The summed E-state index contributed by atoms with van der Waals surface area (Å²) in [7, 11) is 1.46. The van der Waals surface area contributed by atoms with E-state index in [1.165, 1.54) is 19.4 Å². The highest BCUT2D eigenvalue weighted by Crippen LogP contribution is 2.31. The molecule has 1 aromatic heterocycles. The number of rotatable bonds is 3. The Morgan fingerprint density at radius 2 is 2.29 bits per heavy atom. The van der Waals surface area contributed by atoms with Gasteiger partial charge in [0.2, 0.25) is 0 Å². The molecule has 2 aromatic rings. The molecule has 2 rings (SSSR count). The van der Waals surface area contributed by atoms with Crippen LogP contribution in [0.3, 0.4) is 0 Å². The summed E-state index contributed by atoms with van der Waals surface area (Å²) in [4.78, 5) is 14.3. The van der Waals surface area contributed by atoms with Crippen LogP contribution in [0.2, 0.25) is 0 Å². The second kappa shape index (κ2) is 4.79. The molecular weight excluding hydrogens is 289 g/mol. The summed E-state index contributed by atoms with van der Waals surface area (Å²) in [5.41, 5.74) is 0.900. The van der Waals surface area contributed by atoms with Gasteiger partial charge in [-0.05, 0) is 17.7 Å². The summed E-state index contributed by atoms with van der Waals surface area (Å²) in [5, 5.41) is 0.568. The van der Waals surface area contributed by atoms with Crippen LogP contribution in [0.25, 0.3) is 10.9 Å². The van der Waals surface area contributed by atoms with Gasteiger partial charge in [0.25, 0.3) is 0 Å². The van der Waals surface area contributed by atoms with Crippen molar-refractivity contribution in [3.8, 4) is 5.75 Å². The van der Waals surface area contributed by atoms with Gasteiger partial charge in [-0.15, -0.1) is 0 Å². The number of hydrogen-bond donors (Lipinski definition) is 0. The van der Waals surface area contributed by atoms with Crippen LogP contribution in [0, 0.1) is 5.82 Å². The van der Waals surface area contributed by atoms with Gasteiger partial charge >= 0.3 is 0 Å². The SMILES string of the molecule is COc1cc(F)c2nccc(C(Br)C=O)c2c1. The highest BCUT2D eigenvalue weighted by molar-refractivity contribution is 9.09. The molecule has 0 fully saturated rings. The zero-order valence-electron chi connectivity index (χ0n) is 8.98. The fourth-order valence-corrected chi connectivity index (χ4v) is 2.04. The molecule has 0 amide bonds. The number of carbonyl (C=O) groups excluding carboxylic acids is 1. The molecule has 0 saturated heterocycles. The number of aldehydes is 1. The topological polar surface area (TPSA) is 39.2 Å². The minimum atomic E-state index is -0.487. The number of hydrogen-bond acceptors (Lipinski definition) is 3. The molecule has 17 heavy (non-hydrogen) atoms. The minimum absolute atomic E-state index is 0.231. The maximum Gasteiger partial charge on any atom is 0.153 e. The normalized spacial score (nSPS) is 12.4. The Balaban J connectivity index is 2.77. The number of halogens is 2. The molecule has 0 bridgehead atoms. The lowest BCUT2D eigenvalue weighted by atomic mass is 10.1. The van der Waals surface area contributed by atoms with E-state index in [2.05, 4.69) is 20.9 Å². The predicted molar refractivity (Wildman–Crippen MR) is 66.0 cm³/mol. The largest absolute Gasteiger partial charge is 0.497 e. The third-order valence-corrected chi connectivity index (χ3v) is 3.17. The van der Waals surface area contributed by atoms with Crippen LogP contribution in [-0.4, -0.2) is 18.4 Å². The Kier molecular flexibility index (Phi) is 3.38. The van der Waals surface area contributed by atoms with Gasteiger partial charge in [-0.25, -0.2) is 4.39 Å². The number of fused-ring (bicyclic) bond motifs is 1. The van der Waals surface area contributed by atoms with Crippen LogP contribution < -0.4 is 4.74 Å². The molecule has 5 heteroatoms. The molecule has 0 radical (unpaired) electrons. The van der Waals surface area contributed by atoms with Crippen molar-refractivity contribution in [1.82, 2.24) is 4.98 Å². The highest BCUT2D eigenvalue weighted by atomic mass is 79.9. The van der Waals surface area contributed by atoms with Gasteiger partial charge in [0.15, 0.2) is 5.82 Å². The first-order chi connectivity index (χ1) is 8.17. The number of alkyl halides is 1. The first-order valence-electron chi connectivity index (χ1n) is 4.89. The average Bonchev–Trinajstić information content (AvgIpc) is 2.37. The van der Waals surface area contributed by atoms with Gasteiger partial charge < -0.3 is 9.53 Å². The molecule has 0 saturated carbocycles. The Morgan fingerprint density at radius 1 is 1.53 bits per heavy atom. The number of methoxy groups -OCH3 is 1. The fraction of sp³-hybridized carbons (Fsp3) is 0.167. The zero-order chi connectivity index (χ0) is 12.4. The Bertz CT molecular complexity index is 574. The summed E-state index contributed by atoms with van der Waals surface area (Å²) >= 11 is 3.22. The van der Waals surface area contributed by atoms with Gasteiger partial charge in [0.05, 0.1) is 11.9 Å². The van der Waals surface area contributed by atoms with Crippen molar-refractivity contribution in [2.24, 2.45) is 0 Å². The van der Waals surface area contributed by atoms with E-state index in [0.717, 1.165) is 6.29 Å². The fourth-order valence-electron chi connectivity index (χ4n) is 1.64.